The van der Waals surface area contributed by atoms with Gasteiger partial charge in [0.1, 0.15) is 0 Å². The first-order valence-electron chi connectivity index (χ1n) is 7.33. The van der Waals surface area contributed by atoms with E-state index in [1.807, 2.05) is 6.92 Å². The molecule has 0 spiro atoms. The van der Waals surface area contributed by atoms with E-state index in [1.54, 1.807) is 11.8 Å². The maximum Gasteiger partial charge on any atom is 0.254 e. The van der Waals surface area contributed by atoms with Crippen LogP contribution in [0.25, 0.3) is 0 Å². The molecule has 0 saturated heterocycles. The molecule has 116 valence electrons. The van der Waals surface area contributed by atoms with Crippen molar-refractivity contribution in [1.29, 1.82) is 0 Å². The molecule has 0 aromatic carbocycles. The Labute approximate surface area is 129 Å². The fourth-order valence-electron chi connectivity index (χ4n) is 2.35. The van der Waals surface area contributed by atoms with Crippen molar-refractivity contribution in [3.63, 3.8) is 0 Å². The first kappa shape index (κ1) is 16.1. The Morgan fingerprint density at radius 1 is 1.52 bits per heavy atom. The zero-order valence-corrected chi connectivity index (χ0v) is 13.4. The molecule has 0 bridgehead atoms. The molecular weight excluding hydrogens is 289 g/mol. The average molecular weight is 311 g/mol. The molecule has 0 radical (unpaired) electrons. The Morgan fingerprint density at radius 3 is 2.86 bits per heavy atom. The number of hydrogen-bond acceptors (Lipinski definition) is 4. The van der Waals surface area contributed by atoms with Crippen LogP contribution in [0.4, 0.5) is 10.2 Å². The minimum absolute atomic E-state index is 0.0548. The number of anilines is 1. The standard InChI is InChI=1S/C15H22FN3OS/c1-3-8-17-13-12(16)11(5-9-18-13)14(20)19-10-15(21-2)6-4-7-15/h5,9H,3-4,6-8,10H2,1-2H3,(H,17,18)(H,19,20). The van der Waals surface area contributed by atoms with Gasteiger partial charge in [0.05, 0.1) is 5.56 Å². The highest BCUT2D eigenvalue weighted by Crippen LogP contribution is 2.42. The third kappa shape index (κ3) is 3.67. The molecule has 1 aromatic heterocycles. The lowest BCUT2D eigenvalue weighted by Gasteiger charge is -2.40. The lowest BCUT2D eigenvalue weighted by Crippen LogP contribution is -2.45. The van der Waals surface area contributed by atoms with Crippen LogP contribution < -0.4 is 10.6 Å². The van der Waals surface area contributed by atoms with Gasteiger partial charge in [-0.15, -0.1) is 0 Å². The van der Waals surface area contributed by atoms with E-state index in [4.69, 9.17) is 0 Å². The number of thioether (sulfide) groups is 1. The van der Waals surface area contributed by atoms with Gasteiger partial charge in [-0.05, 0) is 31.6 Å². The van der Waals surface area contributed by atoms with Crippen molar-refractivity contribution in [2.75, 3.05) is 24.7 Å². The highest BCUT2D eigenvalue weighted by molar-refractivity contribution is 8.00. The van der Waals surface area contributed by atoms with Crippen molar-refractivity contribution in [2.45, 2.75) is 37.4 Å². The fourth-order valence-corrected chi connectivity index (χ4v) is 3.26. The first-order valence-corrected chi connectivity index (χ1v) is 8.56. The summed E-state index contributed by atoms with van der Waals surface area (Å²) in [5.74, 6) is -0.794. The normalized spacial score (nSPS) is 16.1. The summed E-state index contributed by atoms with van der Waals surface area (Å²) in [4.78, 5) is 16.1. The average Bonchev–Trinajstić information content (AvgIpc) is 2.45. The van der Waals surface area contributed by atoms with Crippen molar-refractivity contribution in [1.82, 2.24) is 10.3 Å². The molecule has 1 amide bonds. The van der Waals surface area contributed by atoms with Gasteiger partial charge in [-0.3, -0.25) is 4.79 Å². The zero-order valence-electron chi connectivity index (χ0n) is 12.5. The van der Waals surface area contributed by atoms with Crippen molar-refractivity contribution in [3.05, 3.63) is 23.6 Å². The molecule has 6 heteroatoms. The largest absolute Gasteiger partial charge is 0.368 e. The minimum Gasteiger partial charge on any atom is -0.368 e. The van der Waals surface area contributed by atoms with Crippen LogP contribution in [-0.4, -0.2) is 35.0 Å². The van der Waals surface area contributed by atoms with Gasteiger partial charge in [0, 0.05) is 24.0 Å². The number of halogens is 1. The quantitative estimate of drug-likeness (QED) is 0.812. The summed E-state index contributed by atoms with van der Waals surface area (Å²) in [6.07, 6.45) is 7.81. The fraction of sp³-hybridized carbons (Fsp3) is 0.600. The van der Waals surface area contributed by atoms with E-state index in [0.717, 1.165) is 19.3 Å². The topological polar surface area (TPSA) is 54.0 Å². The molecule has 1 aliphatic rings. The maximum absolute atomic E-state index is 14.3. The third-order valence-electron chi connectivity index (χ3n) is 3.95. The molecule has 2 N–H and O–H groups in total. The number of rotatable bonds is 7. The van der Waals surface area contributed by atoms with Gasteiger partial charge >= 0.3 is 0 Å². The molecule has 2 rings (SSSR count). The van der Waals surface area contributed by atoms with Gasteiger partial charge in [0.15, 0.2) is 11.6 Å². The molecule has 1 aliphatic carbocycles. The third-order valence-corrected chi connectivity index (χ3v) is 5.36. The van der Waals surface area contributed by atoms with Crippen molar-refractivity contribution in [3.8, 4) is 0 Å². The smallest absolute Gasteiger partial charge is 0.254 e. The van der Waals surface area contributed by atoms with Crippen LogP contribution in [0, 0.1) is 5.82 Å². The molecule has 4 nitrogen and oxygen atoms in total. The number of amides is 1. The molecule has 1 aromatic rings. The van der Waals surface area contributed by atoms with E-state index >= 15 is 0 Å². The van der Waals surface area contributed by atoms with E-state index in [-0.39, 0.29) is 22.0 Å². The molecule has 1 fully saturated rings. The summed E-state index contributed by atoms with van der Waals surface area (Å²) in [5.41, 5.74) is 0.0548. The van der Waals surface area contributed by atoms with E-state index in [2.05, 4.69) is 21.9 Å². The highest BCUT2D eigenvalue weighted by atomic mass is 32.2. The van der Waals surface area contributed by atoms with Gasteiger partial charge < -0.3 is 10.6 Å². The second-order valence-electron chi connectivity index (χ2n) is 5.37. The Balaban J connectivity index is 2.01. The SMILES string of the molecule is CCCNc1nccc(C(=O)NCC2(SC)CCC2)c1F. The van der Waals surface area contributed by atoms with Gasteiger partial charge in [-0.2, -0.15) is 11.8 Å². The summed E-state index contributed by atoms with van der Waals surface area (Å²) in [5, 5.41) is 5.75. The van der Waals surface area contributed by atoms with Gasteiger partial charge in [0.2, 0.25) is 0 Å². The lowest BCUT2D eigenvalue weighted by atomic mass is 9.84. The second-order valence-corrected chi connectivity index (χ2v) is 6.65. The molecule has 21 heavy (non-hydrogen) atoms. The number of nitrogens with zero attached hydrogens (tertiary/aromatic N) is 1. The number of carbonyl (C=O) groups is 1. The predicted molar refractivity (Wildman–Crippen MR) is 85.4 cm³/mol. The van der Waals surface area contributed by atoms with Crippen LogP contribution in [0.3, 0.4) is 0 Å². The number of aromatic nitrogens is 1. The molecule has 0 atom stereocenters. The monoisotopic (exact) mass is 311 g/mol. The van der Waals surface area contributed by atoms with E-state index < -0.39 is 5.82 Å². The first-order chi connectivity index (χ1) is 10.1. The summed E-state index contributed by atoms with van der Waals surface area (Å²) in [6, 6.07) is 1.42. The molecule has 1 saturated carbocycles. The van der Waals surface area contributed by atoms with Crippen LogP contribution in [0.15, 0.2) is 12.3 Å². The number of pyridine rings is 1. The van der Waals surface area contributed by atoms with Crippen LogP contribution in [0.1, 0.15) is 43.0 Å². The van der Waals surface area contributed by atoms with Gasteiger partial charge in [-0.1, -0.05) is 13.3 Å². The Kier molecular flexibility index (Phi) is 5.45. The Morgan fingerprint density at radius 2 is 2.29 bits per heavy atom. The van der Waals surface area contributed by atoms with E-state index in [0.29, 0.717) is 13.1 Å². The van der Waals surface area contributed by atoms with Crippen LogP contribution in [-0.2, 0) is 0 Å². The molecular formula is C15H22FN3OS. The minimum atomic E-state index is -0.574. The highest BCUT2D eigenvalue weighted by Gasteiger charge is 2.36. The number of nitrogens with one attached hydrogen (secondary N) is 2. The van der Waals surface area contributed by atoms with Crippen LogP contribution >= 0.6 is 11.8 Å². The Bertz CT molecular complexity index is 500. The van der Waals surface area contributed by atoms with Crippen molar-refractivity contribution in [2.24, 2.45) is 0 Å². The molecule has 1 heterocycles. The van der Waals surface area contributed by atoms with E-state index in [1.165, 1.54) is 18.7 Å². The van der Waals surface area contributed by atoms with Gasteiger partial charge in [0.25, 0.3) is 5.91 Å². The number of hydrogen-bond donors (Lipinski definition) is 2. The zero-order chi connectivity index (χ0) is 15.3. The summed E-state index contributed by atoms with van der Waals surface area (Å²) in [6.45, 7) is 3.21. The van der Waals surface area contributed by atoms with Crippen LogP contribution in [0.5, 0.6) is 0 Å². The lowest BCUT2D eigenvalue weighted by molar-refractivity contribution is 0.0940. The summed E-state index contributed by atoms with van der Waals surface area (Å²) >= 11 is 1.78. The van der Waals surface area contributed by atoms with Gasteiger partial charge in [-0.25, -0.2) is 9.37 Å². The molecule has 0 unspecified atom stereocenters. The molecule has 0 aliphatic heterocycles. The van der Waals surface area contributed by atoms with E-state index in [9.17, 15) is 9.18 Å². The predicted octanol–water partition coefficient (Wildman–Crippen LogP) is 3.06. The Hall–Kier alpha value is -1.30. The van der Waals surface area contributed by atoms with Crippen LogP contribution in [0.2, 0.25) is 0 Å². The maximum atomic E-state index is 14.3. The summed E-state index contributed by atoms with van der Waals surface area (Å²) < 4.78 is 14.4. The summed E-state index contributed by atoms with van der Waals surface area (Å²) in [7, 11) is 0. The van der Waals surface area contributed by atoms with Crippen molar-refractivity contribution < 1.29 is 9.18 Å². The number of carbonyl (C=O) groups excluding carboxylic acids is 1. The second kappa shape index (κ2) is 7.11. The van der Waals surface area contributed by atoms with Crippen molar-refractivity contribution >= 4 is 23.5 Å².